The van der Waals surface area contributed by atoms with E-state index in [0.29, 0.717) is 17.0 Å². The number of benzene rings is 2. The van der Waals surface area contributed by atoms with Crippen LogP contribution < -0.4 is 10.5 Å². The predicted octanol–water partition coefficient (Wildman–Crippen LogP) is 2.85. The maximum Gasteiger partial charge on any atom is 0.336 e. The fraction of sp³-hybridized carbons (Fsp3) is 0.133. The Labute approximate surface area is 111 Å². The van der Waals surface area contributed by atoms with Crippen molar-refractivity contribution < 1.29 is 14.6 Å². The lowest BCUT2D eigenvalue weighted by atomic mass is 10.1. The molecule has 2 aromatic rings. The Morgan fingerprint density at radius 2 is 2.05 bits per heavy atom. The molecule has 0 saturated carbocycles. The zero-order valence-corrected chi connectivity index (χ0v) is 10.6. The van der Waals surface area contributed by atoms with Crippen molar-refractivity contribution in [3.05, 3.63) is 59.2 Å². The van der Waals surface area contributed by atoms with Crippen LogP contribution in [-0.2, 0) is 6.61 Å². The van der Waals surface area contributed by atoms with Gasteiger partial charge in [0.2, 0.25) is 0 Å². The van der Waals surface area contributed by atoms with Crippen molar-refractivity contribution in [2.45, 2.75) is 13.5 Å². The highest BCUT2D eigenvalue weighted by molar-refractivity contribution is 5.90. The Balaban J connectivity index is 2.17. The molecule has 0 saturated heterocycles. The fourth-order valence-electron chi connectivity index (χ4n) is 1.79. The highest BCUT2D eigenvalue weighted by atomic mass is 16.5. The minimum Gasteiger partial charge on any atom is -0.489 e. The van der Waals surface area contributed by atoms with Crippen LogP contribution in [0.3, 0.4) is 0 Å². The lowest BCUT2D eigenvalue weighted by molar-refractivity contribution is 0.0694. The van der Waals surface area contributed by atoms with Crippen molar-refractivity contribution in [2.75, 3.05) is 5.73 Å². The van der Waals surface area contributed by atoms with Crippen molar-refractivity contribution in [1.82, 2.24) is 0 Å². The molecular weight excluding hydrogens is 242 g/mol. The van der Waals surface area contributed by atoms with Crippen LogP contribution in [0.25, 0.3) is 0 Å². The second-order valence-corrected chi connectivity index (χ2v) is 4.33. The third kappa shape index (κ3) is 3.25. The molecule has 0 aliphatic carbocycles. The average molecular weight is 257 g/mol. The molecule has 4 nitrogen and oxygen atoms in total. The van der Waals surface area contributed by atoms with Gasteiger partial charge in [0.15, 0.2) is 0 Å². The zero-order valence-electron chi connectivity index (χ0n) is 10.6. The Bertz CT molecular complexity index is 608. The van der Waals surface area contributed by atoms with Gasteiger partial charge in [-0.15, -0.1) is 0 Å². The molecule has 0 aromatic heterocycles. The van der Waals surface area contributed by atoms with Gasteiger partial charge in [-0.3, -0.25) is 0 Å². The van der Waals surface area contributed by atoms with Crippen LogP contribution in [0.2, 0.25) is 0 Å². The zero-order chi connectivity index (χ0) is 13.8. The van der Waals surface area contributed by atoms with Gasteiger partial charge in [0.25, 0.3) is 0 Å². The predicted molar refractivity (Wildman–Crippen MR) is 73.3 cm³/mol. The number of carboxylic acid groups (broad SMARTS) is 1. The quantitative estimate of drug-likeness (QED) is 0.826. The van der Waals surface area contributed by atoms with E-state index in [1.165, 1.54) is 6.07 Å². The number of anilines is 1. The van der Waals surface area contributed by atoms with Crippen LogP contribution in [0.1, 0.15) is 21.5 Å². The molecule has 0 bridgehead atoms. The molecule has 0 heterocycles. The van der Waals surface area contributed by atoms with Crippen molar-refractivity contribution in [3.8, 4) is 5.75 Å². The van der Waals surface area contributed by atoms with Gasteiger partial charge in [0.05, 0.1) is 5.56 Å². The van der Waals surface area contributed by atoms with Crippen molar-refractivity contribution in [2.24, 2.45) is 0 Å². The van der Waals surface area contributed by atoms with Crippen LogP contribution >= 0.6 is 0 Å². The number of aryl methyl sites for hydroxylation is 1. The van der Waals surface area contributed by atoms with Gasteiger partial charge in [0.1, 0.15) is 12.4 Å². The van der Waals surface area contributed by atoms with E-state index in [1.807, 2.05) is 31.2 Å². The van der Waals surface area contributed by atoms with Gasteiger partial charge < -0.3 is 15.6 Å². The first-order chi connectivity index (χ1) is 9.06. The minimum absolute atomic E-state index is 0.174. The Morgan fingerprint density at radius 1 is 1.26 bits per heavy atom. The lowest BCUT2D eigenvalue weighted by Crippen LogP contribution is -2.06. The van der Waals surface area contributed by atoms with Gasteiger partial charge in [-0.1, -0.05) is 18.2 Å². The molecule has 0 aliphatic heterocycles. The summed E-state index contributed by atoms with van der Waals surface area (Å²) in [7, 11) is 0. The summed E-state index contributed by atoms with van der Waals surface area (Å²) in [6.07, 6.45) is 0. The van der Waals surface area contributed by atoms with Crippen LogP contribution in [0.5, 0.6) is 5.75 Å². The molecule has 4 heteroatoms. The number of ether oxygens (including phenoxy) is 1. The topological polar surface area (TPSA) is 72.5 Å². The molecule has 0 atom stereocenters. The van der Waals surface area contributed by atoms with Gasteiger partial charge in [0, 0.05) is 11.3 Å². The molecule has 0 fully saturated rings. The van der Waals surface area contributed by atoms with Gasteiger partial charge in [-0.05, 0) is 36.8 Å². The number of hydrogen-bond donors (Lipinski definition) is 2. The summed E-state index contributed by atoms with van der Waals surface area (Å²) < 4.78 is 5.60. The molecular formula is C15H15NO3. The van der Waals surface area contributed by atoms with Gasteiger partial charge in [-0.25, -0.2) is 4.79 Å². The summed E-state index contributed by atoms with van der Waals surface area (Å²) in [5.41, 5.74) is 7.88. The second-order valence-electron chi connectivity index (χ2n) is 4.33. The SMILES string of the molecule is Cc1cccc(OCc2ccc(N)cc2C(=O)O)c1. The standard InChI is InChI=1S/C15H15NO3/c1-10-3-2-4-13(7-10)19-9-11-5-6-12(16)8-14(11)15(17)18/h2-8H,9,16H2,1H3,(H,17,18). The first-order valence-electron chi connectivity index (χ1n) is 5.87. The highest BCUT2D eigenvalue weighted by Gasteiger charge is 2.10. The molecule has 0 aliphatic rings. The van der Waals surface area contributed by atoms with E-state index in [2.05, 4.69) is 0 Å². The summed E-state index contributed by atoms with van der Waals surface area (Å²) >= 11 is 0. The number of aromatic carboxylic acids is 1. The van der Waals surface area contributed by atoms with E-state index < -0.39 is 5.97 Å². The summed E-state index contributed by atoms with van der Waals surface area (Å²) in [6, 6.07) is 12.4. The van der Waals surface area contributed by atoms with Crippen molar-refractivity contribution in [1.29, 1.82) is 0 Å². The normalized spacial score (nSPS) is 10.2. The molecule has 2 rings (SSSR count). The number of hydrogen-bond acceptors (Lipinski definition) is 3. The van der Waals surface area contributed by atoms with Crippen LogP contribution in [0, 0.1) is 6.92 Å². The molecule has 0 radical (unpaired) electrons. The Kier molecular flexibility index (Phi) is 3.71. The largest absolute Gasteiger partial charge is 0.489 e. The van der Waals surface area contributed by atoms with E-state index in [1.54, 1.807) is 12.1 Å². The maximum absolute atomic E-state index is 11.1. The van der Waals surface area contributed by atoms with Crippen molar-refractivity contribution >= 4 is 11.7 Å². The smallest absolute Gasteiger partial charge is 0.336 e. The van der Waals surface area contributed by atoms with Crippen molar-refractivity contribution in [3.63, 3.8) is 0 Å². The van der Waals surface area contributed by atoms with Gasteiger partial charge in [-0.2, -0.15) is 0 Å². The monoisotopic (exact) mass is 257 g/mol. The number of carboxylic acids is 1. The van der Waals surface area contributed by atoms with E-state index >= 15 is 0 Å². The molecule has 0 spiro atoms. The summed E-state index contributed by atoms with van der Waals surface area (Å²) in [4.78, 5) is 11.1. The first kappa shape index (κ1) is 13.0. The number of rotatable bonds is 4. The van der Waals surface area contributed by atoms with E-state index in [-0.39, 0.29) is 12.2 Å². The van der Waals surface area contributed by atoms with E-state index in [0.717, 1.165) is 5.56 Å². The van der Waals surface area contributed by atoms with Crippen LogP contribution in [-0.4, -0.2) is 11.1 Å². The van der Waals surface area contributed by atoms with Crippen LogP contribution in [0.4, 0.5) is 5.69 Å². The molecule has 3 N–H and O–H groups in total. The maximum atomic E-state index is 11.1. The molecule has 2 aromatic carbocycles. The molecule has 0 amide bonds. The summed E-state index contributed by atoms with van der Waals surface area (Å²) in [6.45, 7) is 2.17. The first-order valence-corrected chi connectivity index (χ1v) is 5.87. The molecule has 0 unspecified atom stereocenters. The summed E-state index contributed by atoms with van der Waals surface area (Å²) in [5.74, 6) is -0.289. The Hall–Kier alpha value is -2.49. The van der Waals surface area contributed by atoms with E-state index in [4.69, 9.17) is 15.6 Å². The summed E-state index contributed by atoms with van der Waals surface area (Å²) in [5, 5.41) is 9.12. The molecule has 98 valence electrons. The van der Waals surface area contributed by atoms with Crippen LogP contribution in [0.15, 0.2) is 42.5 Å². The number of nitrogens with two attached hydrogens (primary N) is 1. The lowest BCUT2D eigenvalue weighted by Gasteiger charge is -2.10. The van der Waals surface area contributed by atoms with E-state index in [9.17, 15) is 4.79 Å². The van der Waals surface area contributed by atoms with Gasteiger partial charge >= 0.3 is 5.97 Å². The second kappa shape index (κ2) is 5.44. The Morgan fingerprint density at radius 3 is 2.74 bits per heavy atom. The molecule has 19 heavy (non-hydrogen) atoms. The minimum atomic E-state index is -1.00. The third-order valence-corrected chi connectivity index (χ3v) is 2.75. The number of nitrogen functional groups attached to an aromatic ring is 1. The fourth-order valence-corrected chi connectivity index (χ4v) is 1.79. The third-order valence-electron chi connectivity index (χ3n) is 2.75. The number of carbonyl (C=O) groups is 1. The highest BCUT2D eigenvalue weighted by Crippen LogP contribution is 2.18. The average Bonchev–Trinajstić information content (AvgIpc) is 2.37.